The van der Waals surface area contributed by atoms with E-state index in [-0.39, 0.29) is 24.1 Å². The van der Waals surface area contributed by atoms with Gasteiger partial charge in [-0.15, -0.1) is 0 Å². The molecular formula is C13H17N3O4. The first-order valence-electron chi connectivity index (χ1n) is 6.37. The van der Waals surface area contributed by atoms with Crippen molar-refractivity contribution >= 4 is 11.6 Å². The van der Waals surface area contributed by atoms with E-state index in [0.717, 1.165) is 0 Å². The van der Waals surface area contributed by atoms with Crippen LogP contribution in [0.4, 0.5) is 5.69 Å². The topological polar surface area (TPSA) is 95.7 Å². The van der Waals surface area contributed by atoms with Crippen LogP contribution in [0.2, 0.25) is 0 Å². The van der Waals surface area contributed by atoms with Crippen molar-refractivity contribution in [1.29, 1.82) is 0 Å². The molecule has 0 aliphatic carbocycles. The molecule has 0 aromatic heterocycles. The number of rotatable bonds is 4. The van der Waals surface area contributed by atoms with E-state index >= 15 is 0 Å². The number of likely N-dealkylation sites (N-methyl/N-ethyl adjacent to an activating group) is 1. The summed E-state index contributed by atoms with van der Waals surface area (Å²) in [5, 5.41) is 23.5. The highest BCUT2D eigenvalue weighted by Crippen LogP contribution is 2.15. The van der Waals surface area contributed by atoms with Gasteiger partial charge >= 0.3 is 0 Å². The normalized spacial score (nSPS) is 21.7. The quantitative estimate of drug-likeness (QED) is 0.594. The fraction of sp³-hybridized carbons (Fsp3) is 0.462. The van der Waals surface area contributed by atoms with Crippen molar-refractivity contribution in [2.75, 3.05) is 20.1 Å². The van der Waals surface area contributed by atoms with Gasteiger partial charge < -0.3 is 15.3 Å². The lowest BCUT2D eigenvalue weighted by Gasteiger charge is -2.26. The lowest BCUT2D eigenvalue weighted by Crippen LogP contribution is -2.44. The van der Waals surface area contributed by atoms with Crippen LogP contribution in [0.5, 0.6) is 0 Å². The maximum absolute atomic E-state index is 12.1. The minimum absolute atomic E-state index is 0.0273. The molecule has 1 aliphatic rings. The van der Waals surface area contributed by atoms with Crippen molar-refractivity contribution in [2.24, 2.45) is 0 Å². The van der Waals surface area contributed by atoms with E-state index in [1.807, 2.05) is 0 Å². The zero-order valence-electron chi connectivity index (χ0n) is 11.2. The van der Waals surface area contributed by atoms with E-state index < -0.39 is 11.0 Å². The van der Waals surface area contributed by atoms with Crippen LogP contribution in [0.3, 0.4) is 0 Å². The van der Waals surface area contributed by atoms with Crippen molar-refractivity contribution in [3.8, 4) is 0 Å². The third kappa shape index (κ3) is 3.12. The second-order valence-corrected chi connectivity index (χ2v) is 4.90. The third-order valence-corrected chi connectivity index (χ3v) is 3.52. The van der Waals surface area contributed by atoms with Gasteiger partial charge in [0.25, 0.3) is 5.69 Å². The lowest BCUT2D eigenvalue weighted by molar-refractivity contribution is -0.384. The molecule has 0 unspecified atom stereocenters. The van der Waals surface area contributed by atoms with Gasteiger partial charge in [0, 0.05) is 32.3 Å². The molecular weight excluding hydrogens is 262 g/mol. The summed E-state index contributed by atoms with van der Waals surface area (Å²) in [6, 6.07) is 5.79. The van der Waals surface area contributed by atoms with Gasteiger partial charge in [0.2, 0.25) is 5.91 Å². The van der Waals surface area contributed by atoms with E-state index in [1.165, 1.54) is 17.0 Å². The molecule has 0 bridgehead atoms. The zero-order chi connectivity index (χ0) is 14.7. The molecule has 0 spiro atoms. The van der Waals surface area contributed by atoms with E-state index in [0.29, 0.717) is 18.7 Å². The molecule has 0 saturated carbocycles. The highest BCUT2D eigenvalue weighted by Gasteiger charge is 2.31. The molecule has 1 amide bonds. The Bertz CT molecular complexity index is 520. The number of nitro groups is 1. The highest BCUT2D eigenvalue weighted by atomic mass is 16.6. The van der Waals surface area contributed by atoms with Gasteiger partial charge in [-0.3, -0.25) is 14.9 Å². The van der Waals surface area contributed by atoms with Crippen LogP contribution in [-0.4, -0.2) is 53.1 Å². The fourth-order valence-electron chi connectivity index (χ4n) is 2.31. The largest absolute Gasteiger partial charge is 0.390 e. The Morgan fingerprint density at radius 3 is 2.90 bits per heavy atom. The number of non-ortho nitro benzene ring substituents is 1. The van der Waals surface area contributed by atoms with Crippen molar-refractivity contribution in [3.05, 3.63) is 39.9 Å². The van der Waals surface area contributed by atoms with Crippen LogP contribution >= 0.6 is 0 Å². The molecule has 1 aromatic rings. The van der Waals surface area contributed by atoms with Gasteiger partial charge in [-0.05, 0) is 5.56 Å². The van der Waals surface area contributed by atoms with E-state index in [9.17, 15) is 20.0 Å². The molecule has 7 heteroatoms. The number of nitrogens with zero attached hydrogens (tertiary/aromatic N) is 2. The lowest BCUT2D eigenvalue weighted by atomic mass is 10.1. The number of β-amino-alcohol motifs (C(OH)–C–C–N with tert-alkyl or cyclic N) is 1. The van der Waals surface area contributed by atoms with Gasteiger partial charge in [0.1, 0.15) is 0 Å². The summed E-state index contributed by atoms with van der Waals surface area (Å²) in [6.45, 7) is 1.03. The van der Waals surface area contributed by atoms with Gasteiger partial charge in [-0.2, -0.15) is 0 Å². The van der Waals surface area contributed by atoms with Crippen LogP contribution in [0.25, 0.3) is 0 Å². The van der Waals surface area contributed by atoms with Gasteiger partial charge in [0.05, 0.1) is 23.5 Å². The zero-order valence-corrected chi connectivity index (χ0v) is 11.2. The molecule has 7 nitrogen and oxygen atoms in total. The Balaban J connectivity index is 2.04. The molecule has 1 fully saturated rings. The minimum atomic E-state index is -0.575. The van der Waals surface area contributed by atoms with Crippen molar-refractivity contribution in [2.45, 2.75) is 18.6 Å². The van der Waals surface area contributed by atoms with Crippen molar-refractivity contribution < 1.29 is 14.8 Å². The number of carbonyl (C=O) groups is 1. The molecule has 1 saturated heterocycles. The Labute approximate surface area is 116 Å². The monoisotopic (exact) mass is 279 g/mol. The molecule has 1 aromatic carbocycles. The van der Waals surface area contributed by atoms with Crippen LogP contribution in [0, 0.1) is 10.1 Å². The average Bonchev–Trinajstić information content (AvgIpc) is 2.84. The Morgan fingerprint density at radius 1 is 1.55 bits per heavy atom. The molecule has 108 valence electrons. The highest BCUT2D eigenvalue weighted by molar-refractivity contribution is 5.79. The van der Waals surface area contributed by atoms with Gasteiger partial charge in [0.15, 0.2) is 0 Å². The Hall–Kier alpha value is -1.99. The van der Waals surface area contributed by atoms with Crippen LogP contribution in [0.15, 0.2) is 24.3 Å². The van der Waals surface area contributed by atoms with Crippen LogP contribution < -0.4 is 5.32 Å². The SMILES string of the molecule is CN(C(=O)Cc1cccc([N+](=O)[O-])c1)[C@H]1CNC[C@@H]1O. The summed E-state index contributed by atoms with van der Waals surface area (Å²) in [5.74, 6) is -0.168. The minimum Gasteiger partial charge on any atom is -0.390 e. The van der Waals surface area contributed by atoms with E-state index in [2.05, 4.69) is 5.32 Å². The van der Waals surface area contributed by atoms with Crippen molar-refractivity contribution in [1.82, 2.24) is 10.2 Å². The number of aliphatic hydroxyl groups is 1. The van der Waals surface area contributed by atoms with Crippen LogP contribution in [0.1, 0.15) is 5.56 Å². The van der Waals surface area contributed by atoms with Crippen molar-refractivity contribution in [3.63, 3.8) is 0 Å². The van der Waals surface area contributed by atoms with Crippen LogP contribution in [-0.2, 0) is 11.2 Å². The Kier molecular flexibility index (Phi) is 4.31. The number of carbonyl (C=O) groups excluding carboxylic acids is 1. The number of hydrogen-bond acceptors (Lipinski definition) is 5. The van der Waals surface area contributed by atoms with E-state index in [4.69, 9.17) is 0 Å². The maximum Gasteiger partial charge on any atom is 0.269 e. The number of amides is 1. The maximum atomic E-state index is 12.1. The molecule has 1 heterocycles. The standard InChI is InChI=1S/C13H17N3O4/c1-15(11-7-14-8-12(11)17)13(18)6-9-3-2-4-10(5-9)16(19)20/h2-5,11-12,14,17H,6-8H2,1H3/t11-,12-/m0/s1. The first kappa shape index (κ1) is 14.4. The second kappa shape index (κ2) is 5.98. The summed E-state index contributed by atoms with van der Waals surface area (Å²) < 4.78 is 0. The predicted octanol–water partition coefficient (Wildman–Crippen LogP) is -0.0716. The number of nitrogens with one attached hydrogen (secondary N) is 1. The summed E-state index contributed by atoms with van der Waals surface area (Å²) in [5.41, 5.74) is 0.567. The Morgan fingerprint density at radius 2 is 2.30 bits per heavy atom. The van der Waals surface area contributed by atoms with Gasteiger partial charge in [-0.1, -0.05) is 12.1 Å². The number of aliphatic hydroxyl groups excluding tert-OH is 1. The molecule has 20 heavy (non-hydrogen) atoms. The molecule has 2 atom stereocenters. The molecule has 1 aliphatic heterocycles. The molecule has 2 rings (SSSR count). The number of benzene rings is 1. The number of nitro benzene ring substituents is 1. The summed E-state index contributed by atoms with van der Waals surface area (Å²) >= 11 is 0. The first-order valence-corrected chi connectivity index (χ1v) is 6.37. The molecule has 0 radical (unpaired) electrons. The molecule has 2 N–H and O–H groups in total. The third-order valence-electron chi connectivity index (χ3n) is 3.52. The van der Waals surface area contributed by atoms with Gasteiger partial charge in [-0.25, -0.2) is 0 Å². The second-order valence-electron chi connectivity index (χ2n) is 4.90. The fourth-order valence-corrected chi connectivity index (χ4v) is 2.31. The van der Waals surface area contributed by atoms with E-state index in [1.54, 1.807) is 19.2 Å². The predicted molar refractivity (Wildman–Crippen MR) is 72.2 cm³/mol. The smallest absolute Gasteiger partial charge is 0.269 e. The average molecular weight is 279 g/mol. The first-order chi connectivity index (χ1) is 9.49. The summed E-state index contributed by atoms with van der Waals surface area (Å²) in [4.78, 5) is 23.9. The number of hydrogen-bond donors (Lipinski definition) is 2. The summed E-state index contributed by atoms with van der Waals surface area (Å²) in [7, 11) is 1.64. The summed E-state index contributed by atoms with van der Waals surface area (Å²) in [6.07, 6.45) is -0.490.